The van der Waals surface area contributed by atoms with Gasteiger partial charge in [0.2, 0.25) is 0 Å². The molecule has 2 saturated heterocycles. The number of ether oxygens (including phenoxy) is 2. The molecule has 6 nitrogen and oxygen atoms in total. The molecule has 1 spiro atoms. The first-order valence-electron chi connectivity index (χ1n) is 10.6. The Labute approximate surface area is 158 Å². The number of nitrogens with one attached hydrogen (secondary N) is 1. The second-order valence-corrected chi connectivity index (χ2v) is 8.53. The molecular formula is C20H36N4O2. The number of piperazine rings is 1. The summed E-state index contributed by atoms with van der Waals surface area (Å²) in [6.07, 6.45) is 6.79. The Morgan fingerprint density at radius 2 is 2.08 bits per heavy atom. The lowest BCUT2D eigenvalue weighted by atomic mass is 9.51. The number of rotatable bonds is 5. The van der Waals surface area contributed by atoms with Crippen LogP contribution in [-0.2, 0) is 9.47 Å². The normalized spacial score (nSPS) is 34.6. The van der Waals surface area contributed by atoms with E-state index in [0.29, 0.717) is 17.6 Å². The minimum absolute atomic E-state index is 0.385. The van der Waals surface area contributed by atoms with E-state index in [4.69, 9.17) is 9.47 Å². The van der Waals surface area contributed by atoms with Crippen LogP contribution in [0.1, 0.15) is 39.0 Å². The van der Waals surface area contributed by atoms with Crippen LogP contribution in [0.25, 0.3) is 0 Å². The van der Waals surface area contributed by atoms with Crippen LogP contribution < -0.4 is 5.32 Å². The Kier molecular flexibility index (Phi) is 5.72. The van der Waals surface area contributed by atoms with Gasteiger partial charge in [0.25, 0.3) is 0 Å². The van der Waals surface area contributed by atoms with Crippen LogP contribution in [0, 0.1) is 11.3 Å². The molecule has 6 heteroatoms. The van der Waals surface area contributed by atoms with Crippen LogP contribution in [0.5, 0.6) is 0 Å². The van der Waals surface area contributed by atoms with Gasteiger partial charge in [-0.2, -0.15) is 0 Å². The van der Waals surface area contributed by atoms with E-state index in [2.05, 4.69) is 27.0 Å². The van der Waals surface area contributed by atoms with Crippen LogP contribution in [0.2, 0.25) is 0 Å². The molecule has 2 heterocycles. The quantitative estimate of drug-likeness (QED) is 0.593. The zero-order valence-corrected chi connectivity index (χ0v) is 16.6. The van der Waals surface area contributed by atoms with Gasteiger partial charge in [-0.25, -0.2) is 0 Å². The van der Waals surface area contributed by atoms with E-state index >= 15 is 0 Å². The molecule has 0 amide bonds. The van der Waals surface area contributed by atoms with E-state index in [-0.39, 0.29) is 0 Å². The summed E-state index contributed by atoms with van der Waals surface area (Å²) in [4.78, 5) is 9.66. The monoisotopic (exact) mass is 364 g/mol. The second-order valence-electron chi connectivity index (χ2n) is 8.53. The van der Waals surface area contributed by atoms with E-state index in [1.807, 2.05) is 7.05 Å². The van der Waals surface area contributed by atoms with Crippen LogP contribution in [0.3, 0.4) is 0 Å². The first kappa shape index (κ1) is 18.5. The third-order valence-corrected chi connectivity index (χ3v) is 7.16. The minimum Gasteiger partial charge on any atom is -0.381 e. The molecule has 148 valence electrons. The lowest BCUT2D eigenvalue weighted by molar-refractivity contribution is -0.169. The summed E-state index contributed by atoms with van der Waals surface area (Å²) < 4.78 is 11.5. The molecule has 0 bridgehead atoms. The van der Waals surface area contributed by atoms with Crippen molar-refractivity contribution in [3.8, 4) is 0 Å². The van der Waals surface area contributed by atoms with E-state index < -0.39 is 0 Å². The Morgan fingerprint density at radius 1 is 1.27 bits per heavy atom. The van der Waals surface area contributed by atoms with Crippen molar-refractivity contribution in [2.75, 3.05) is 59.6 Å². The van der Waals surface area contributed by atoms with E-state index in [1.54, 1.807) is 0 Å². The zero-order chi connectivity index (χ0) is 18.0. The summed E-state index contributed by atoms with van der Waals surface area (Å²) in [6, 6.07) is 0.542. The minimum atomic E-state index is 0.385. The number of hydrogen-bond donors (Lipinski definition) is 1. The number of guanidine groups is 1. The van der Waals surface area contributed by atoms with Gasteiger partial charge in [-0.3, -0.25) is 9.89 Å². The van der Waals surface area contributed by atoms with Crippen LogP contribution >= 0.6 is 0 Å². The fourth-order valence-electron chi connectivity index (χ4n) is 5.33. The Balaban J connectivity index is 1.26. The average molecular weight is 365 g/mol. The maximum absolute atomic E-state index is 5.99. The topological polar surface area (TPSA) is 49.3 Å². The maximum Gasteiger partial charge on any atom is 0.193 e. The van der Waals surface area contributed by atoms with Gasteiger partial charge in [0, 0.05) is 64.4 Å². The van der Waals surface area contributed by atoms with Crippen molar-refractivity contribution < 1.29 is 9.47 Å². The number of nitrogens with zero attached hydrogens (tertiary/aromatic N) is 3. The van der Waals surface area contributed by atoms with Gasteiger partial charge in [-0.05, 0) is 38.5 Å². The van der Waals surface area contributed by atoms with Crippen molar-refractivity contribution in [1.29, 1.82) is 0 Å². The molecule has 0 aromatic rings. The van der Waals surface area contributed by atoms with Crippen molar-refractivity contribution in [2.24, 2.45) is 16.3 Å². The lowest BCUT2D eigenvalue weighted by Crippen LogP contribution is -2.69. The first-order valence-corrected chi connectivity index (χ1v) is 10.6. The molecule has 4 fully saturated rings. The van der Waals surface area contributed by atoms with Crippen molar-refractivity contribution in [3.05, 3.63) is 0 Å². The highest BCUT2D eigenvalue weighted by atomic mass is 16.5. The van der Waals surface area contributed by atoms with Gasteiger partial charge in [0.05, 0.1) is 12.7 Å². The van der Waals surface area contributed by atoms with Gasteiger partial charge in [0.1, 0.15) is 0 Å². The largest absolute Gasteiger partial charge is 0.381 e. The summed E-state index contributed by atoms with van der Waals surface area (Å²) in [5.41, 5.74) is 0.385. The standard InChI is InChI=1S/C20H36N4O2/c1-3-26-18-13-17(20(18)6-4-7-20)22-19(21-2)24-10-8-23(9-11-24)14-16-5-12-25-15-16/h16-18H,3-15H2,1-2H3,(H,21,22). The predicted molar refractivity (Wildman–Crippen MR) is 104 cm³/mol. The fraction of sp³-hybridized carbons (Fsp3) is 0.950. The summed E-state index contributed by atoms with van der Waals surface area (Å²) in [5, 5.41) is 3.80. The first-order chi connectivity index (χ1) is 12.7. The van der Waals surface area contributed by atoms with Gasteiger partial charge in [0.15, 0.2) is 5.96 Å². The SMILES string of the molecule is CCOC1CC(NC(=NC)N2CCN(CC3CCOC3)CC2)C12CCC2. The smallest absolute Gasteiger partial charge is 0.193 e. The molecule has 0 radical (unpaired) electrons. The molecule has 2 saturated carbocycles. The van der Waals surface area contributed by atoms with Crippen LogP contribution in [-0.4, -0.2) is 87.5 Å². The van der Waals surface area contributed by atoms with Crippen molar-refractivity contribution in [3.63, 3.8) is 0 Å². The van der Waals surface area contributed by atoms with E-state index in [9.17, 15) is 0 Å². The molecule has 26 heavy (non-hydrogen) atoms. The second kappa shape index (κ2) is 8.03. The molecular weight excluding hydrogens is 328 g/mol. The summed E-state index contributed by atoms with van der Waals surface area (Å²) in [6.45, 7) is 10.5. The fourth-order valence-corrected chi connectivity index (χ4v) is 5.33. The molecule has 1 N–H and O–H groups in total. The van der Waals surface area contributed by atoms with Crippen LogP contribution in [0.15, 0.2) is 4.99 Å². The molecule has 2 aliphatic heterocycles. The summed E-state index contributed by atoms with van der Waals surface area (Å²) >= 11 is 0. The van der Waals surface area contributed by atoms with E-state index in [1.165, 1.54) is 32.2 Å². The number of hydrogen-bond acceptors (Lipinski definition) is 4. The molecule has 2 aliphatic carbocycles. The summed E-state index contributed by atoms with van der Waals surface area (Å²) in [7, 11) is 1.93. The highest BCUT2D eigenvalue weighted by Gasteiger charge is 2.59. The highest BCUT2D eigenvalue weighted by molar-refractivity contribution is 5.80. The van der Waals surface area contributed by atoms with Gasteiger partial charge in [-0.15, -0.1) is 0 Å². The van der Waals surface area contributed by atoms with E-state index in [0.717, 1.165) is 64.3 Å². The van der Waals surface area contributed by atoms with Crippen LogP contribution in [0.4, 0.5) is 0 Å². The highest BCUT2D eigenvalue weighted by Crippen LogP contribution is 2.57. The van der Waals surface area contributed by atoms with Crippen molar-refractivity contribution >= 4 is 5.96 Å². The Morgan fingerprint density at radius 3 is 2.65 bits per heavy atom. The Hall–Kier alpha value is -0.850. The molecule has 3 unspecified atom stereocenters. The molecule has 0 aromatic carbocycles. The van der Waals surface area contributed by atoms with Gasteiger partial charge in [-0.1, -0.05) is 6.42 Å². The van der Waals surface area contributed by atoms with Gasteiger partial charge >= 0.3 is 0 Å². The number of aliphatic imine (C=N–C) groups is 1. The molecule has 3 atom stereocenters. The Bertz CT molecular complexity index is 494. The zero-order valence-electron chi connectivity index (χ0n) is 16.6. The molecule has 0 aromatic heterocycles. The third kappa shape index (κ3) is 3.48. The summed E-state index contributed by atoms with van der Waals surface area (Å²) in [5.74, 6) is 1.84. The lowest BCUT2D eigenvalue weighted by Gasteiger charge is -2.61. The van der Waals surface area contributed by atoms with Crippen molar-refractivity contribution in [2.45, 2.75) is 51.2 Å². The molecule has 4 aliphatic rings. The van der Waals surface area contributed by atoms with Gasteiger partial charge < -0.3 is 19.7 Å². The average Bonchev–Trinajstić information content (AvgIpc) is 3.10. The molecule has 4 rings (SSSR count). The predicted octanol–water partition coefficient (Wildman–Crippen LogP) is 1.56. The maximum atomic E-state index is 5.99. The third-order valence-electron chi connectivity index (χ3n) is 7.16. The van der Waals surface area contributed by atoms with Crippen molar-refractivity contribution in [1.82, 2.24) is 15.1 Å².